The topological polar surface area (TPSA) is 66.8 Å². The predicted molar refractivity (Wildman–Crippen MR) is 60.2 cm³/mol. The Kier molecular flexibility index (Phi) is 3.97. The molecule has 0 spiro atoms. The first kappa shape index (κ1) is 13.5. The summed E-state index contributed by atoms with van der Waals surface area (Å²) < 4.78 is 5.52. The van der Waals surface area contributed by atoms with E-state index in [1.807, 2.05) is 20.8 Å². The zero-order chi connectivity index (χ0) is 12.4. The Morgan fingerprint density at radius 1 is 1.50 bits per heavy atom. The zero-order valence-corrected chi connectivity index (χ0v) is 10.3. The molecule has 0 aromatic rings. The second-order valence-electron chi connectivity index (χ2n) is 5.32. The molecule has 0 amide bonds. The SMILES string of the molecule is CCCC(C(=O)O)C1(O)CCOC(C)(C)C1. The second-order valence-corrected chi connectivity index (χ2v) is 5.32. The molecular weight excluding hydrogens is 208 g/mol. The Labute approximate surface area is 96.6 Å². The van der Waals surface area contributed by atoms with E-state index in [1.54, 1.807) is 0 Å². The van der Waals surface area contributed by atoms with Gasteiger partial charge in [-0.2, -0.15) is 0 Å². The largest absolute Gasteiger partial charge is 0.481 e. The predicted octanol–water partition coefficient (Wildman–Crippen LogP) is 1.81. The lowest BCUT2D eigenvalue weighted by molar-refractivity contribution is -0.182. The van der Waals surface area contributed by atoms with Crippen molar-refractivity contribution in [3.63, 3.8) is 0 Å². The van der Waals surface area contributed by atoms with Crippen LogP contribution in [0.2, 0.25) is 0 Å². The lowest BCUT2D eigenvalue weighted by atomic mass is 9.74. The normalized spacial score (nSPS) is 31.0. The highest BCUT2D eigenvalue weighted by molar-refractivity contribution is 5.71. The van der Waals surface area contributed by atoms with Gasteiger partial charge in [0, 0.05) is 12.8 Å². The molecule has 4 nitrogen and oxygen atoms in total. The van der Waals surface area contributed by atoms with E-state index in [1.165, 1.54) is 0 Å². The molecule has 94 valence electrons. The minimum Gasteiger partial charge on any atom is -0.481 e. The van der Waals surface area contributed by atoms with Crippen molar-refractivity contribution in [2.75, 3.05) is 6.61 Å². The van der Waals surface area contributed by atoms with Gasteiger partial charge in [0.2, 0.25) is 0 Å². The highest BCUT2D eigenvalue weighted by atomic mass is 16.5. The molecule has 0 saturated carbocycles. The van der Waals surface area contributed by atoms with E-state index in [4.69, 9.17) is 4.74 Å². The van der Waals surface area contributed by atoms with Gasteiger partial charge in [0.05, 0.1) is 23.7 Å². The lowest BCUT2D eigenvalue weighted by Gasteiger charge is -2.44. The van der Waals surface area contributed by atoms with Crippen molar-refractivity contribution in [3.8, 4) is 0 Å². The molecule has 0 bridgehead atoms. The summed E-state index contributed by atoms with van der Waals surface area (Å²) in [7, 11) is 0. The summed E-state index contributed by atoms with van der Waals surface area (Å²) in [4.78, 5) is 11.2. The van der Waals surface area contributed by atoms with E-state index in [0.717, 1.165) is 6.42 Å². The molecule has 2 unspecified atom stereocenters. The Morgan fingerprint density at radius 2 is 2.12 bits per heavy atom. The lowest BCUT2D eigenvalue weighted by Crippen LogP contribution is -2.52. The van der Waals surface area contributed by atoms with Crippen LogP contribution in [0.4, 0.5) is 0 Å². The van der Waals surface area contributed by atoms with Crippen LogP contribution in [0.25, 0.3) is 0 Å². The smallest absolute Gasteiger partial charge is 0.309 e. The van der Waals surface area contributed by atoms with E-state index < -0.39 is 23.1 Å². The minimum atomic E-state index is -1.12. The van der Waals surface area contributed by atoms with Crippen molar-refractivity contribution in [2.24, 2.45) is 5.92 Å². The number of hydrogen-bond donors (Lipinski definition) is 2. The third kappa shape index (κ3) is 2.95. The Bertz CT molecular complexity index is 262. The molecule has 16 heavy (non-hydrogen) atoms. The van der Waals surface area contributed by atoms with Gasteiger partial charge in [0.25, 0.3) is 0 Å². The van der Waals surface area contributed by atoms with Crippen molar-refractivity contribution in [2.45, 2.75) is 57.7 Å². The van der Waals surface area contributed by atoms with Gasteiger partial charge in [-0.15, -0.1) is 0 Å². The fourth-order valence-corrected chi connectivity index (χ4v) is 2.59. The van der Waals surface area contributed by atoms with Gasteiger partial charge in [-0.25, -0.2) is 0 Å². The first-order valence-electron chi connectivity index (χ1n) is 5.90. The van der Waals surface area contributed by atoms with Crippen molar-refractivity contribution < 1.29 is 19.7 Å². The maximum atomic E-state index is 11.2. The first-order chi connectivity index (χ1) is 7.31. The van der Waals surface area contributed by atoms with Crippen molar-refractivity contribution in [1.29, 1.82) is 0 Å². The molecule has 1 aliphatic rings. The summed E-state index contributed by atoms with van der Waals surface area (Å²) in [5.74, 6) is -1.58. The number of hydrogen-bond acceptors (Lipinski definition) is 3. The summed E-state index contributed by atoms with van der Waals surface area (Å²) in [6.45, 7) is 6.14. The number of rotatable bonds is 4. The van der Waals surface area contributed by atoms with E-state index in [2.05, 4.69) is 0 Å². The maximum absolute atomic E-state index is 11.2. The van der Waals surface area contributed by atoms with Crippen LogP contribution in [0, 0.1) is 5.92 Å². The fourth-order valence-electron chi connectivity index (χ4n) is 2.59. The Balaban J connectivity index is 2.84. The molecule has 1 saturated heterocycles. The van der Waals surface area contributed by atoms with Gasteiger partial charge in [0.1, 0.15) is 0 Å². The molecule has 2 atom stereocenters. The zero-order valence-electron chi connectivity index (χ0n) is 10.3. The molecule has 0 radical (unpaired) electrons. The molecule has 2 N–H and O–H groups in total. The van der Waals surface area contributed by atoms with Gasteiger partial charge in [-0.3, -0.25) is 4.79 Å². The molecule has 4 heteroatoms. The first-order valence-corrected chi connectivity index (χ1v) is 5.90. The van der Waals surface area contributed by atoms with E-state index in [-0.39, 0.29) is 0 Å². The van der Waals surface area contributed by atoms with Gasteiger partial charge in [-0.05, 0) is 20.3 Å². The molecule has 1 heterocycles. The monoisotopic (exact) mass is 230 g/mol. The Hall–Kier alpha value is -0.610. The summed E-state index contributed by atoms with van der Waals surface area (Å²) in [5, 5.41) is 19.7. The molecule has 1 rings (SSSR count). The molecule has 1 fully saturated rings. The molecule has 0 aliphatic carbocycles. The van der Waals surface area contributed by atoms with Gasteiger partial charge >= 0.3 is 5.97 Å². The van der Waals surface area contributed by atoms with Crippen LogP contribution < -0.4 is 0 Å². The molecule has 1 aliphatic heterocycles. The highest BCUT2D eigenvalue weighted by Crippen LogP contribution is 2.38. The van der Waals surface area contributed by atoms with Crippen LogP contribution in [-0.2, 0) is 9.53 Å². The number of ether oxygens (including phenoxy) is 1. The van der Waals surface area contributed by atoms with Gasteiger partial charge in [0.15, 0.2) is 0 Å². The van der Waals surface area contributed by atoms with Gasteiger partial charge < -0.3 is 14.9 Å². The summed E-state index contributed by atoms with van der Waals surface area (Å²) in [5.41, 5.74) is -1.56. The quantitative estimate of drug-likeness (QED) is 0.773. The van der Waals surface area contributed by atoms with Gasteiger partial charge in [-0.1, -0.05) is 13.3 Å². The number of carboxylic acid groups (broad SMARTS) is 1. The second kappa shape index (κ2) is 4.72. The van der Waals surface area contributed by atoms with E-state index in [9.17, 15) is 15.0 Å². The van der Waals surface area contributed by atoms with Crippen LogP contribution in [0.5, 0.6) is 0 Å². The van der Waals surface area contributed by atoms with Crippen LogP contribution in [-0.4, -0.2) is 34.0 Å². The van der Waals surface area contributed by atoms with Crippen molar-refractivity contribution >= 4 is 5.97 Å². The summed E-state index contributed by atoms with van der Waals surface area (Å²) in [6, 6.07) is 0. The van der Waals surface area contributed by atoms with Crippen LogP contribution in [0.15, 0.2) is 0 Å². The third-order valence-electron chi connectivity index (χ3n) is 3.28. The van der Waals surface area contributed by atoms with Crippen molar-refractivity contribution in [1.82, 2.24) is 0 Å². The van der Waals surface area contributed by atoms with E-state index in [0.29, 0.717) is 25.9 Å². The van der Waals surface area contributed by atoms with Crippen LogP contribution in [0.1, 0.15) is 46.5 Å². The van der Waals surface area contributed by atoms with Crippen LogP contribution in [0.3, 0.4) is 0 Å². The molecule has 0 aromatic carbocycles. The number of carbonyl (C=O) groups is 1. The van der Waals surface area contributed by atoms with Crippen LogP contribution >= 0.6 is 0 Å². The number of aliphatic carboxylic acids is 1. The summed E-state index contributed by atoms with van der Waals surface area (Å²) in [6.07, 6.45) is 2.08. The number of carboxylic acids is 1. The fraction of sp³-hybridized carbons (Fsp3) is 0.917. The third-order valence-corrected chi connectivity index (χ3v) is 3.28. The standard InChI is InChI=1S/C12H22O4/c1-4-5-9(10(13)14)12(15)6-7-16-11(2,3)8-12/h9,15H,4-8H2,1-3H3,(H,13,14). The Morgan fingerprint density at radius 3 is 2.56 bits per heavy atom. The molecular formula is C12H22O4. The summed E-state index contributed by atoms with van der Waals surface area (Å²) >= 11 is 0. The number of aliphatic hydroxyl groups is 1. The maximum Gasteiger partial charge on any atom is 0.309 e. The highest BCUT2D eigenvalue weighted by Gasteiger charge is 2.47. The molecule has 0 aromatic heterocycles. The average molecular weight is 230 g/mol. The minimum absolute atomic E-state index is 0.386. The average Bonchev–Trinajstić information content (AvgIpc) is 2.11. The van der Waals surface area contributed by atoms with Crippen molar-refractivity contribution in [3.05, 3.63) is 0 Å². The van der Waals surface area contributed by atoms with E-state index >= 15 is 0 Å².